The van der Waals surface area contributed by atoms with Gasteiger partial charge in [0.05, 0.1) is 5.69 Å². The molecule has 0 unspecified atom stereocenters. The standard InChI is InChI=1S/C16H18N2O2/c1-12-5-4-6-13(11-12)20-15-8-3-2-7-14(15)18-16(19)9-10-17/h2-8,11H,9-10,17H2,1H3,(H,18,19). The molecule has 0 spiro atoms. The first-order valence-electron chi connectivity index (χ1n) is 6.52. The van der Waals surface area contributed by atoms with Gasteiger partial charge in [-0.25, -0.2) is 0 Å². The molecular weight excluding hydrogens is 252 g/mol. The zero-order valence-corrected chi connectivity index (χ0v) is 11.4. The molecule has 0 aliphatic heterocycles. The number of para-hydroxylation sites is 2. The average molecular weight is 270 g/mol. The summed E-state index contributed by atoms with van der Waals surface area (Å²) in [4.78, 5) is 11.6. The molecule has 4 heteroatoms. The molecule has 3 N–H and O–H groups in total. The van der Waals surface area contributed by atoms with Crippen molar-refractivity contribution < 1.29 is 9.53 Å². The van der Waals surface area contributed by atoms with E-state index in [2.05, 4.69) is 5.32 Å². The van der Waals surface area contributed by atoms with E-state index in [4.69, 9.17) is 10.5 Å². The molecule has 0 fully saturated rings. The maximum Gasteiger partial charge on any atom is 0.225 e. The number of ether oxygens (including phenoxy) is 1. The number of carbonyl (C=O) groups is 1. The highest BCUT2D eigenvalue weighted by Crippen LogP contribution is 2.29. The number of carbonyl (C=O) groups excluding carboxylic acids is 1. The van der Waals surface area contributed by atoms with Gasteiger partial charge in [-0.1, -0.05) is 24.3 Å². The van der Waals surface area contributed by atoms with E-state index < -0.39 is 0 Å². The predicted octanol–water partition coefficient (Wildman–Crippen LogP) is 3.07. The van der Waals surface area contributed by atoms with Gasteiger partial charge >= 0.3 is 0 Å². The molecule has 0 radical (unpaired) electrons. The Kier molecular flexibility index (Phi) is 4.74. The van der Waals surface area contributed by atoms with Crippen molar-refractivity contribution in [2.24, 2.45) is 5.73 Å². The summed E-state index contributed by atoms with van der Waals surface area (Å²) in [5, 5.41) is 2.80. The van der Waals surface area contributed by atoms with Gasteiger partial charge in [0.25, 0.3) is 0 Å². The summed E-state index contributed by atoms with van der Waals surface area (Å²) in [6.45, 7) is 2.33. The number of amides is 1. The Morgan fingerprint density at radius 3 is 2.75 bits per heavy atom. The van der Waals surface area contributed by atoms with Gasteiger partial charge in [0.1, 0.15) is 5.75 Å². The first-order chi connectivity index (χ1) is 9.69. The van der Waals surface area contributed by atoms with E-state index in [0.29, 0.717) is 24.4 Å². The smallest absolute Gasteiger partial charge is 0.225 e. The fourth-order valence-electron chi connectivity index (χ4n) is 1.81. The van der Waals surface area contributed by atoms with Gasteiger partial charge in [0.15, 0.2) is 5.75 Å². The Bertz CT molecular complexity index is 597. The van der Waals surface area contributed by atoms with Crippen LogP contribution in [0.3, 0.4) is 0 Å². The van der Waals surface area contributed by atoms with Gasteiger partial charge in [-0.15, -0.1) is 0 Å². The molecule has 0 heterocycles. The summed E-state index contributed by atoms with van der Waals surface area (Å²) in [6, 6.07) is 15.1. The second-order valence-corrected chi connectivity index (χ2v) is 4.50. The van der Waals surface area contributed by atoms with Gasteiger partial charge in [-0.05, 0) is 36.8 Å². The number of anilines is 1. The van der Waals surface area contributed by atoms with E-state index in [1.54, 1.807) is 6.07 Å². The van der Waals surface area contributed by atoms with Gasteiger partial charge in [-0.3, -0.25) is 4.79 Å². The van der Waals surface area contributed by atoms with E-state index in [9.17, 15) is 4.79 Å². The summed E-state index contributed by atoms with van der Waals surface area (Å²) < 4.78 is 5.82. The zero-order valence-electron chi connectivity index (χ0n) is 11.4. The van der Waals surface area contributed by atoms with Crippen LogP contribution in [0.15, 0.2) is 48.5 Å². The monoisotopic (exact) mass is 270 g/mol. The Morgan fingerprint density at radius 1 is 1.20 bits per heavy atom. The van der Waals surface area contributed by atoms with Gasteiger partial charge in [0.2, 0.25) is 5.91 Å². The van der Waals surface area contributed by atoms with Crippen molar-refractivity contribution >= 4 is 11.6 Å². The van der Waals surface area contributed by atoms with E-state index in [1.807, 2.05) is 49.4 Å². The minimum absolute atomic E-state index is 0.118. The second kappa shape index (κ2) is 6.73. The molecule has 2 rings (SSSR count). The predicted molar refractivity (Wildman–Crippen MR) is 80.0 cm³/mol. The lowest BCUT2D eigenvalue weighted by atomic mass is 10.2. The molecule has 1 amide bonds. The summed E-state index contributed by atoms with van der Waals surface area (Å²) in [7, 11) is 0. The number of aryl methyl sites for hydroxylation is 1. The first kappa shape index (κ1) is 14.1. The van der Waals surface area contributed by atoms with Crippen molar-refractivity contribution in [3.05, 3.63) is 54.1 Å². The van der Waals surface area contributed by atoms with E-state index >= 15 is 0 Å². The zero-order chi connectivity index (χ0) is 14.4. The van der Waals surface area contributed by atoms with Crippen LogP contribution >= 0.6 is 0 Å². The average Bonchev–Trinajstić information content (AvgIpc) is 2.41. The molecule has 0 bridgehead atoms. The number of nitrogens with two attached hydrogens (primary N) is 1. The maximum atomic E-state index is 11.6. The third kappa shape index (κ3) is 3.83. The number of hydrogen-bond donors (Lipinski definition) is 2. The number of hydrogen-bond acceptors (Lipinski definition) is 3. The van der Waals surface area contributed by atoms with Gasteiger partial charge < -0.3 is 15.8 Å². The molecule has 2 aromatic carbocycles. The van der Waals surface area contributed by atoms with Crippen molar-refractivity contribution in [1.82, 2.24) is 0 Å². The number of rotatable bonds is 5. The van der Waals surface area contributed by atoms with Crippen molar-refractivity contribution in [3.8, 4) is 11.5 Å². The Hall–Kier alpha value is -2.33. The van der Waals surface area contributed by atoms with Crippen molar-refractivity contribution in [2.75, 3.05) is 11.9 Å². The van der Waals surface area contributed by atoms with Crippen LogP contribution < -0.4 is 15.8 Å². The van der Waals surface area contributed by atoms with E-state index in [-0.39, 0.29) is 5.91 Å². The molecule has 4 nitrogen and oxygen atoms in total. The fourth-order valence-corrected chi connectivity index (χ4v) is 1.81. The fraction of sp³-hybridized carbons (Fsp3) is 0.188. The highest BCUT2D eigenvalue weighted by molar-refractivity contribution is 5.92. The Balaban J connectivity index is 2.17. The molecule has 0 atom stereocenters. The molecule has 20 heavy (non-hydrogen) atoms. The Morgan fingerprint density at radius 2 is 2.00 bits per heavy atom. The quantitative estimate of drug-likeness (QED) is 0.877. The SMILES string of the molecule is Cc1cccc(Oc2ccccc2NC(=O)CCN)c1. The summed E-state index contributed by atoms with van der Waals surface area (Å²) in [5.41, 5.74) is 7.13. The third-order valence-corrected chi connectivity index (χ3v) is 2.75. The van der Waals surface area contributed by atoms with Crippen LogP contribution in [0.1, 0.15) is 12.0 Å². The van der Waals surface area contributed by atoms with Crippen LogP contribution in [0.25, 0.3) is 0 Å². The molecule has 0 saturated heterocycles. The first-order valence-corrected chi connectivity index (χ1v) is 6.52. The molecule has 104 valence electrons. The van der Waals surface area contributed by atoms with Gasteiger partial charge in [-0.2, -0.15) is 0 Å². The number of benzene rings is 2. The Labute approximate surface area is 118 Å². The van der Waals surface area contributed by atoms with Crippen LogP contribution in [-0.4, -0.2) is 12.5 Å². The van der Waals surface area contributed by atoms with Crippen molar-refractivity contribution in [2.45, 2.75) is 13.3 Å². The lowest BCUT2D eigenvalue weighted by Crippen LogP contribution is -2.16. The maximum absolute atomic E-state index is 11.6. The lowest BCUT2D eigenvalue weighted by Gasteiger charge is -2.12. The van der Waals surface area contributed by atoms with Crippen LogP contribution in [0.5, 0.6) is 11.5 Å². The number of nitrogens with one attached hydrogen (secondary N) is 1. The minimum atomic E-state index is -0.118. The molecule has 2 aromatic rings. The second-order valence-electron chi connectivity index (χ2n) is 4.50. The highest BCUT2D eigenvalue weighted by Gasteiger charge is 2.07. The van der Waals surface area contributed by atoms with E-state index in [0.717, 1.165) is 11.3 Å². The van der Waals surface area contributed by atoms with E-state index in [1.165, 1.54) is 0 Å². The molecule has 0 saturated carbocycles. The summed E-state index contributed by atoms with van der Waals surface area (Å²) in [6.07, 6.45) is 0.290. The normalized spacial score (nSPS) is 10.1. The summed E-state index contributed by atoms with van der Waals surface area (Å²) >= 11 is 0. The van der Waals surface area contributed by atoms with Crippen molar-refractivity contribution in [3.63, 3.8) is 0 Å². The largest absolute Gasteiger partial charge is 0.455 e. The molecular formula is C16H18N2O2. The van der Waals surface area contributed by atoms with Gasteiger partial charge in [0, 0.05) is 13.0 Å². The third-order valence-electron chi connectivity index (χ3n) is 2.75. The van der Waals surface area contributed by atoms with Crippen LogP contribution in [0.2, 0.25) is 0 Å². The van der Waals surface area contributed by atoms with Crippen LogP contribution in [0, 0.1) is 6.92 Å². The molecule has 0 aromatic heterocycles. The topological polar surface area (TPSA) is 64.3 Å². The van der Waals surface area contributed by atoms with Crippen LogP contribution in [0.4, 0.5) is 5.69 Å². The molecule has 0 aliphatic rings. The molecule has 0 aliphatic carbocycles. The minimum Gasteiger partial charge on any atom is -0.455 e. The highest BCUT2D eigenvalue weighted by atomic mass is 16.5. The van der Waals surface area contributed by atoms with Crippen molar-refractivity contribution in [1.29, 1.82) is 0 Å². The van der Waals surface area contributed by atoms with Crippen LogP contribution in [-0.2, 0) is 4.79 Å². The summed E-state index contributed by atoms with van der Waals surface area (Å²) in [5.74, 6) is 1.24. The lowest BCUT2D eigenvalue weighted by molar-refractivity contribution is -0.116.